The molecule has 0 amide bonds. The molecule has 2 heteroatoms. The van der Waals surface area contributed by atoms with E-state index in [0.29, 0.717) is 5.92 Å². The quantitative estimate of drug-likeness (QED) is 0.561. The first-order valence-electron chi connectivity index (χ1n) is 3.16. The van der Waals surface area contributed by atoms with Gasteiger partial charge >= 0.3 is 0 Å². The van der Waals surface area contributed by atoms with E-state index in [4.69, 9.17) is 6.42 Å². The largest absolute Gasteiger partial charge is 0.232 e. The highest BCUT2D eigenvalue weighted by atomic mass is 32.1. The Morgan fingerprint density at radius 2 is 2.40 bits per heavy atom. The highest BCUT2D eigenvalue weighted by Crippen LogP contribution is 2.16. The molecule has 1 aromatic heterocycles. The third-order valence-corrected chi connectivity index (χ3v) is 2.03. The second kappa shape index (κ2) is 2.85. The van der Waals surface area contributed by atoms with Crippen LogP contribution in [0.3, 0.4) is 0 Å². The van der Waals surface area contributed by atoms with Gasteiger partial charge in [0.1, 0.15) is 0 Å². The maximum absolute atomic E-state index is 5.16. The second-order valence-electron chi connectivity index (χ2n) is 2.38. The Hall–Kier alpha value is -0.810. The fourth-order valence-electron chi connectivity index (χ4n) is 0.618. The zero-order valence-corrected chi connectivity index (χ0v) is 6.90. The summed E-state index contributed by atoms with van der Waals surface area (Å²) in [6, 6.07) is 0. The molecule has 52 valence electrons. The van der Waals surface area contributed by atoms with Crippen LogP contribution in [0.25, 0.3) is 0 Å². The van der Waals surface area contributed by atoms with Gasteiger partial charge in [-0.3, -0.25) is 0 Å². The maximum Gasteiger partial charge on any atom is 0.166 e. The summed E-state index contributed by atoms with van der Waals surface area (Å²) in [6.45, 7) is 4.21. The average molecular weight is 151 g/mol. The average Bonchev–Trinajstić information content (AvgIpc) is 2.34. The smallest absolute Gasteiger partial charge is 0.166 e. The molecule has 0 aromatic carbocycles. The van der Waals surface area contributed by atoms with E-state index in [0.717, 1.165) is 10.7 Å². The third-order valence-electron chi connectivity index (χ3n) is 1.24. The van der Waals surface area contributed by atoms with Crippen molar-refractivity contribution in [1.29, 1.82) is 0 Å². The van der Waals surface area contributed by atoms with Crippen LogP contribution in [0, 0.1) is 12.3 Å². The van der Waals surface area contributed by atoms with E-state index in [1.807, 2.05) is 5.38 Å². The monoisotopic (exact) mass is 151 g/mol. The molecule has 0 bridgehead atoms. The zero-order valence-electron chi connectivity index (χ0n) is 6.09. The van der Waals surface area contributed by atoms with Crippen molar-refractivity contribution in [1.82, 2.24) is 4.98 Å². The van der Waals surface area contributed by atoms with Crippen LogP contribution < -0.4 is 0 Å². The van der Waals surface area contributed by atoms with Crippen molar-refractivity contribution in [2.75, 3.05) is 0 Å². The molecule has 0 atom stereocenters. The first-order valence-corrected chi connectivity index (χ1v) is 4.04. The molecule has 0 saturated carbocycles. The summed E-state index contributed by atoms with van der Waals surface area (Å²) in [5.74, 6) is 2.99. The minimum Gasteiger partial charge on any atom is -0.232 e. The van der Waals surface area contributed by atoms with Gasteiger partial charge in [0.15, 0.2) is 5.01 Å². The summed E-state index contributed by atoms with van der Waals surface area (Å²) in [6.07, 6.45) is 5.16. The lowest BCUT2D eigenvalue weighted by Crippen LogP contribution is -1.85. The Bertz CT molecular complexity index is 254. The number of nitrogens with zero attached hydrogens (tertiary/aromatic N) is 1. The maximum atomic E-state index is 5.16. The Kier molecular flexibility index (Phi) is 2.08. The third kappa shape index (κ3) is 1.37. The van der Waals surface area contributed by atoms with E-state index in [9.17, 15) is 0 Å². The molecule has 0 aliphatic heterocycles. The lowest BCUT2D eigenvalue weighted by atomic mass is 10.2. The molecule has 1 nitrogen and oxygen atoms in total. The molecule has 0 spiro atoms. The van der Waals surface area contributed by atoms with Crippen molar-refractivity contribution in [2.45, 2.75) is 19.8 Å². The lowest BCUT2D eigenvalue weighted by Gasteiger charge is -1.94. The van der Waals surface area contributed by atoms with Crippen molar-refractivity contribution >= 4 is 11.3 Å². The van der Waals surface area contributed by atoms with Crippen molar-refractivity contribution in [3.05, 3.63) is 16.1 Å². The standard InChI is InChI=1S/C8H9NS/c1-4-8-9-7(5-10-8)6(2)3/h1,5-6H,2-3H3. The normalized spacial score (nSPS) is 9.80. The minimum absolute atomic E-state index is 0.485. The van der Waals surface area contributed by atoms with Gasteiger partial charge in [-0.25, -0.2) is 4.98 Å². The van der Waals surface area contributed by atoms with Crippen molar-refractivity contribution in [3.8, 4) is 12.3 Å². The summed E-state index contributed by atoms with van der Waals surface area (Å²) >= 11 is 1.53. The SMILES string of the molecule is C#Cc1nc(C(C)C)cs1. The molecule has 0 aliphatic carbocycles. The Morgan fingerprint density at radius 3 is 2.70 bits per heavy atom. The van der Waals surface area contributed by atoms with Gasteiger partial charge in [0, 0.05) is 5.38 Å². The predicted octanol–water partition coefficient (Wildman–Crippen LogP) is 2.25. The van der Waals surface area contributed by atoms with Gasteiger partial charge in [-0.2, -0.15) is 0 Å². The van der Waals surface area contributed by atoms with Crippen LogP contribution >= 0.6 is 11.3 Å². The van der Waals surface area contributed by atoms with Gasteiger partial charge in [-0.15, -0.1) is 17.8 Å². The highest BCUT2D eigenvalue weighted by Gasteiger charge is 2.02. The molecule has 0 radical (unpaired) electrons. The molecule has 0 fully saturated rings. The van der Waals surface area contributed by atoms with E-state index in [2.05, 4.69) is 24.8 Å². The molecule has 0 aliphatic rings. The number of terminal acetylenes is 1. The van der Waals surface area contributed by atoms with E-state index >= 15 is 0 Å². The van der Waals surface area contributed by atoms with Gasteiger partial charge in [0.05, 0.1) is 5.69 Å². The molecule has 1 aromatic rings. The van der Waals surface area contributed by atoms with Crippen LogP contribution in [-0.4, -0.2) is 4.98 Å². The van der Waals surface area contributed by atoms with Crippen LogP contribution in [0.1, 0.15) is 30.5 Å². The molecule has 1 rings (SSSR count). The first-order chi connectivity index (χ1) is 4.74. The molecule has 0 N–H and O–H groups in total. The van der Waals surface area contributed by atoms with Crippen LogP contribution in [0.5, 0.6) is 0 Å². The molecular weight excluding hydrogens is 142 g/mol. The van der Waals surface area contributed by atoms with Gasteiger partial charge < -0.3 is 0 Å². The number of aromatic nitrogens is 1. The fraction of sp³-hybridized carbons (Fsp3) is 0.375. The first kappa shape index (κ1) is 7.30. The number of hydrogen-bond acceptors (Lipinski definition) is 2. The van der Waals surface area contributed by atoms with Crippen molar-refractivity contribution in [2.24, 2.45) is 0 Å². The number of hydrogen-bond donors (Lipinski definition) is 0. The summed E-state index contributed by atoms with van der Waals surface area (Å²) in [5.41, 5.74) is 1.10. The van der Waals surface area contributed by atoms with Crippen LogP contribution in [0.2, 0.25) is 0 Å². The molecule has 0 saturated heterocycles. The van der Waals surface area contributed by atoms with E-state index < -0.39 is 0 Å². The molecule has 0 unspecified atom stereocenters. The molecule has 10 heavy (non-hydrogen) atoms. The van der Waals surface area contributed by atoms with Gasteiger partial charge in [0.25, 0.3) is 0 Å². The second-order valence-corrected chi connectivity index (χ2v) is 3.23. The topological polar surface area (TPSA) is 12.9 Å². The minimum atomic E-state index is 0.485. The van der Waals surface area contributed by atoms with Gasteiger partial charge in [-0.05, 0) is 11.8 Å². The van der Waals surface area contributed by atoms with Crippen LogP contribution in [0.4, 0.5) is 0 Å². The fourth-order valence-corrected chi connectivity index (χ4v) is 1.40. The lowest BCUT2D eigenvalue weighted by molar-refractivity contribution is 0.831. The van der Waals surface area contributed by atoms with E-state index in [1.165, 1.54) is 11.3 Å². The van der Waals surface area contributed by atoms with E-state index in [1.54, 1.807) is 0 Å². The Morgan fingerprint density at radius 1 is 1.70 bits per heavy atom. The number of thiazole rings is 1. The summed E-state index contributed by atoms with van der Waals surface area (Å²) in [5, 5.41) is 2.79. The Balaban J connectivity index is 2.91. The van der Waals surface area contributed by atoms with Crippen LogP contribution in [-0.2, 0) is 0 Å². The predicted molar refractivity (Wildman–Crippen MR) is 44.1 cm³/mol. The van der Waals surface area contributed by atoms with Crippen molar-refractivity contribution in [3.63, 3.8) is 0 Å². The molecule has 1 heterocycles. The number of rotatable bonds is 1. The zero-order chi connectivity index (χ0) is 7.56. The highest BCUT2D eigenvalue weighted by molar-refractivity contribution is 7.10. The summed E-state index contributed by atoms with van der Waals surface area (Å²) in [4.78, 5) is 4.21. The molecular formula is C8H9NS. The summed E-state index contributed by atoms with van der Waals surface area (Å²) < 4.78 is 0. The Labute approximate surface area is 65.1 Å². The van der Waals surface area contributed by atoms with Crippen molar-refractivity contribution < 1.29 is 0 Å². The van der Waals surface area contributed by atoms with E-state index in [-0.39, 0.29) is 0 Å². The van der Waals surface area contributed by atoms with Gasteiger partial charge in [0.2, 0.25) is 0 Å². The van der Waals surface area contributed by atoms with Gasteiger partial charge in [-0.1, -0.05) is 13.8 Å². The van der Waals surface area contributed by atoms with Crippen LogP contribution in [0.15, 0.2) is 5.38 Å². The summed E-state index contributed by atoms with van der Waals surface area (Å²) in [7, 11) is 0.